The largest absolute Gasteiger partial charge is 0.383 e. The third-order valence-electron chi connectivity index (χ3n) is 5.03. The maximum absolute atomic E-state index is 13.5. The SMILES string of the molecule is O=C1NC(c2ccccc2)(c2ccccc2)C(=O)N1CCNc1ccc(F)cc1. The predicted octanol–water partition coefficient (Wildman–Crippen LogP) is 3.73. The number of carbonyl (C=O) groups is 2. The van der Waals surface area contributed by atoms with Crippen LogP contribution in [0.1, 0.15) is 11.1 Å². The molecule has 2 N–H and O–H groups in total. The number of nitrogens with one attached hydrogen (secondary N) is 2. The Bertz CT molecular complexity index is 968. The Kier molecular flexibility index (Phi) is 4.99. The van der Waals surface area contributed by atoms with Gasteiger partial charge >= 0.3 is 6.03 Å². The summed E-state index contributed by atoms with van der Waals surface area (Å²) in [5, 5.41) is 6.02. The molecule has 0 atom stereocenters. The molecule has 0 spiro atoms. The fraction of sp³-hybridized carbons (Fsp3) is 0.130. The van der Waals surface area contributed by atoms with Gasteiger partial charge < -0.3 is 10.6 Å². The number of anilines is 1. The quantitative estimate of drug-likeness (QED) is 0.632. The third-order valence-corrected chi connectivity index (χ3v) is 5.03. The van der Waals surface area contributed by atoms with E-state index in [9.17, 15) is 14.0 Å². The first kappa shape index (κ1) is 18.7. The van der Waals surface area contributed by atoms with E-state index in [0.29, 0.717) is 17.7 Å². The van der Waals surface area contributed by atoms with Crippen LogP contribution in [0.25, 0.3) is 0 Å². The van der Waals surface area contributed by atoms with E-state index in [-0.39, 0.29) is 18.3 Å². The first-order valence-electron chi connectivity index (χ1n) is 9.36. The highest BCUT2D eigenvalue weighted by molar-refractivity contribution is 6.09. The van der Waals surface area contributed by atoms with Crippen LogP contribution in [0.3, 0.4) is 0 Å². The van der Waals surface area contributed by atoms with E-state index in [2.05, 4.69) is 10.6 Å². The van der Waals surface area contributed by atoms with Gasteiger partial charge in [0.2, 0.25) is 0 Å². The van der Waals surface area contributed by atoms with Crippen molar-refractivity contribution in [3.05, 3.63) is 102 Å². The standard InChI is InChI=1S/C23H20FN3O2/c24-19-11-13-20(14-12-19)25-15-16-27-21(28)23(26-22(27)29,17-7-3-1-4-8-17)18-9-5-2-6-10-18/h1-14,25H,15-16H2,(H,26,29). The van der Waals surface area contributed by atoms with Gasteiger partial charge in [-0.15, -0.1) is 0 Å². The molecule has 146 valence electrons. The molecule has 0 bridgehead atoms. The van der Waals surface area contributed by atoms with Crippen molar-refractivity contribution in [2.45, 2.75) is 5.54 Å². The molecule has 0 aromatic heterocycles. The zero-order chi connectivity index (χ0) is 20.3. The summed E-state index contributed by atoms with van der Waals surface area (Å²) in [6.07, 6.45) is 0. The second kappa shape index (κ2) is 7.75. The van der Waals surface area contributed by atoms with E-state index in [4.69, 9.17) is 0 Å². The summed E-state index contributed by atoms with van der Waals surface area (Å²) < 4.78 is 13.0. The lowest BCUT2D eigenvalue weighted by Crippen LogP contribution is -2.45. The number of nitrogens with zero attached hydrogens (tertiary/aromatic N) is 1. The van der Waals surface area contributed by atoms with Crippen molar-refractivity contribution < 1.29 is 14.0 Å². The van der Waals surface area contributed by atoms with Crippen molar-refractivity contribution in [1.82, 2.24) is 10.2 Å². The molecule has 1 aliphatic rings. The zero-order valence-corrected chi connectivity index (χ0v) is 15.6. The van der Waals surface area contributed by atoms with Gasteiger partial charge in [0, 0.05) is 18.8 Å². The molecule has 0 aliphatic carbocycles. The molecule has 4 rings (SSSR count). The molecule has 0 unspecified atom stereocenters. The van der Waals surface area contributed by atoms with E-state index in [1.807, 2.05) is 60.7 Å². The fourth-order valence-corrected chi connectivity index (χ4v) is 3.59. The first-order chi connectivity index (χ1) is 14.1. The second-order valence-corrected chi connectivity index (χ2v) is 6.80. The van der Waals surface area contributed by atoms with Crippen molar-refractivity contribution >= 4 is 17.6 Å². The molecule has 1 aliphatic heterocycles. The Balaban J connectivity index is 1.59. The van der Waals surface area contributed by atoms with Crippen LogP contribution in [0.4, 0.5) is 14.9 Å². The van der Waals surface area contributed by atoms with Gasteiger partial charge in [0.05, 0.1) is 0 Å². The molecule has 3 amide bonds. The highest BCUT2D eigenvalue weighted by atomic mass is 19.1. The minimum Gasteiger partial charge on any atom is -0.383 e. The van der Waals surface area contributed by atoms with Crippen LogP contribution in [0.2, 0.25) is 0 Å². The number of rotatable bonds is 6. The average molecular weight is 389 g/mol. The Morgan fingerprint density at radius 1 is 0.828 bits per heavy atom. The maximum atomic E-state index is 13.5. The minimum absolute atomic E-state index is 0.184. The zero-order valence-electron chi connectivity index (χ0n) is 15.6. The average Bonchev–Trinajstić information content (AvgIpc) is 3.02. The molecule has 1 fully saturated rings. The normalized spacial score (nSPS) is 15.3. The monoisotopic (exact) mass is 389 g/mol. The topological polar surface area (TPSA) is 61.4 Å². The number of benzene rings is 3. The van der Waals surface area contributed by atoms with E-state index < -0.39 is 11.6 Å². The van der Waals surface area contributed by atoms with Gasteiger partial charge in [-0.1, -0.05) is 60.7 Å². The molecular weight excluding hydrogens is 369 g/mol. The summed E-state index contributed by atoms with van der Waals surface area (Å²) in [5.74, 6) is -0.638. The Labute approximate surface area is 168 Å². The lowest BCUT2D eigenvalue weighted by Gasteiger charge is -2.28. The van der Waals surface area contributed by atoms with Crippen molar-refractivity contribution in [3.63, 3.8) is 0 Å². The Morgan fingerprint density at radius 3 is 1.93 bits per heavy atom. The van der Waals surface area contributed by atoms with Crippen LogP contribution in [0.15, 0.2) is 84.9 Å². The summed E-state index contributed by atoms with van der Waals surface area (Å²) in [7, 11) is 0. The van der Waals surface area contributed by atoms with Gasteiger partial charge in [0.1, 0.15) is 5.82 Å². The molecule has 3 aromatic carbocycles. The molecule has 29 heavy (non-hydrogen) atoms. The number of amides is 3. The maximum Gasteiger partial charge on any atom is 0.325 e. The second-order valence-electron chi connectivity index (χ2n) is 6.80. The van der Waals surface area contributed by atoms with E-state index in [1.54, 1.807) is 12.1 Å². The fourth-order valence-electron chi connectivity index (χ4n) is 3.59. The van der Waals surface area contributed by atoms with E-state index in [1.165, 1.54) is 17.0 Å². The van der Waals surface area contributed by atoms with Gasteiger partial charge in [-0.25, -0.2) is 9.18 Å². The van der Waals surface area contributed by atoms with Crippen LogP contribution in [-0.2, 0) is 10.3 Å². The van der Waals surface area contributed by atoms with Crippen LogP contribution >= 0.6 is 0 Å². The summed E-state index contributed by atoms with van der Waals surface area (Å²) in [4.78, 5) is 27.5. The number of carbonyl (C=O) groups excluding carboxylic acids is 2. The van der Waals surface area contributed by atoms with Crippen LogP contribution in [0.5, 0.6) is 0 Å². The minimum atomic E-state index is -1.25. The van der Waals surface area contributed by atoms with Gasteiger partial charge in [-0.2, -0.15) is 0 Å². The van der Waals surface area contributed by atoms with E-state index >= 15 is 0 Å². The Hall–Kier alpha value is -3.67. The molecule has 5 nitrogen and oxygen atoms in total. The number of halogens is 1. The van der Waals surface area contributed by atoms with Crippen LogP contribution in [0, 0.1) is 5.82 Å². The van der Waals surface area contributed by atoms with Gasteiger partial charge in [0.15, 0.2) is 5.54 Å². The summed E-state index contributed by atoms with van der Waals surface area (Å²) in [6.45, 7) is 0.536. The third kappa shape index (κ3) is 3.45. The van der Waals surface area contributed by atoms with Gasteiger partial charge in [0.25, 0.3) is 5.91 Å². The summed E-state index contributed by atoms with van der Waals surface area (Å²) in [5.41, 5.74) is 0.878. The van der Waals surface area contributed by atoms with Crippen molar-refractivity contribution in [2.75, 3.05) is 18.4 Å². The highest BCUT2D eigenvalue weighted by Crippen LogP contribution is 2.35. The van der Waals surface area contributed by atoms with Gasteiger partial charge in [-0.05, 0) is 35.4 Å². The number of hydrogen-bond donors (Lipinski definition) is 2. The number of hydrogen-bond acceptors (Lipinski definition) is 3. The molecule has 0 radical (unpaired) electrons. The smallest absolute Gasteiger partial charge is 0.325 e. The van der Waals surface area contributed by atoms with Crippen molar-refractivity contribution in [1.29, 1.82) is 0 Å². The van der Waals surface area contributed by atoms with E-state index in [0.717, 1.165) is 5.69 Å². The number of imide groups is 1. The molecule has 1 heterocycles. The summed E-state index contributed by atoms with van der Waals surface area (Å²) >= 11 is 0. The molecule has 0 saturated carbocycles. The van der Waals surface area contributed by atoms with Crippen LogP contribution in [-0.4, -0.2) is 29.9 Å². The lowest BCUT2D eigenvalue weighted by atomic mass is 9.82. The molecule has 1 saturated heterocycles. The number of urea groups is 1. The van der Waals surface area contributed by atoms with Crippen LogP contribution < -0.4 is 10.6 Å². The van der Waals surface area contributed by atoms with Gasteiger partial charge in [-0.3, -0.25) is 9.69 Å². The van der Waals surface area contributed by atoms with Crippen molar-refractivity contribution in [3.8, 4) is 0 Å². The summed E-state index contributed by atoms with van der Waals surface area (Å²) in [6, 6.07) is 24.0. The first-order valence-corrected chi connectivity index (χ1v) is 9.36. The molecule has 3 aromatic rings. The Morgan fingerprint density at radius 2 is 1.38 bits per heavy atom. The highest BCUT2D eigenvalue weighted by Gasteiger charge is 2.53. The molecule has 6 heteroatoms. The van der Waals surface area contributed by atoms with Crippen molar-refractivity contribution in [2.24, 2.45) is 0 Å². The predicted molar refractivity (Wildman–Crippen MR) is 109 cm³/mol. The molecular formula is C23H20FN3O2. The lowest BCUT2D eigenvalue weighted by molar-refractivity contribution is -0.130.